The highest BCUT2D eigenvalue weighted by molar-refractivity contribution is 5.97. The van der Waals surface area contributed by atoms with Crippen LogP contribution in [0.2, 0.25) is 0 Å². The van der Waals surface area contributed by atoms with E-state index in [4.69, 9.17) is 0 Å². The van der Waals surface area contributed by atoms with E-state index in [-0.39, 0.29) is 30.6 Å². The molecule has 0 heterocycles. The lowest BCUT2D eigenvalue weighted by Crippen LogP contribution is -2.36. The lowest BCUT2D eigenvalue weighted by molar-refractivity contribution is -0.121. The van der Waals surface area contributed by atoms with Crippen LogP contribution in [0, 0.1) is 5.92 Å². The molecule has 0 bridgehead atoms. The average Bonchev–Trinajstić information content (AvgIpc) is 2.44. The molecule has 0 aliphatic carbocycles. The van der Waals surface area contributed by atoms with Crippen LogP contribution in [0.25, 0.3) is 0 Å². The van der Waals surface area contributed by atoms with E-state index in [9.17, 15) is 9.59 Å². The van der Waals surface area contributed by atoms with Crippen molar-refractivity contribution in [1.82, 2.24) is 5.32 Å². The molecule has 0 fully saturated rings. The Morgan fingerprint density at radius 1 is 1.05 bits per heavy atom. The van der Waals surface area contributed by atoms with Crippen LogP contribution in [-0.4, -0.2) is 17.7 Å². The summed E-state index contributed by atoms with van der Waals surface area (Å²) >= 11 is 0. The van der Waals surface area contributed by atoms with Crippen molar-refractivity contribution in [3.63, 3.8) is 0 Å². The monoisotopic (exact) mass is 275 g/mol. The van der Waals surface area contributed by atoms with Gasteiger partial charge in [0.05, 0.1) is 0 Å². The highest BCUT2D eigenvalue weighted by Gasteiger charge is 2.13. The number of rotatable bonds is 7. The van der Waals surface area contributed by atoms with Crippen molar-refractivity contribution in [1.29, 1.82) is 0 Å². The number of Topliss-reactive ketones (excluding diaryl/α,β-unsaturated/α-hetero) is 1. The van der Waals surface area contributed by atoms with E-state index in [1.54, 1.807) is 0 Å². The second kappa shape index (κ2) is 7.83. The van der Waals surface area contributed by atoms with Gasteiger partial charge in [-0.25, -0.2) is 0 Å². The summed E-state index contributed by atoms with van der Waals surface area (Å²) in [4.78, 5) is 23.7. The van der Waals surface area contributed by atoms with Crippen LogP contribution in [0.3, 0.4) is 0 Å². The van der Waals surface area contributed by atoms with Gasteiger partial charge in [-0.2, -0.15) is 0 Å². The highest BCUT2D eigenvalue weighted by atomic mass is 16.2. The molecule has 0 radical (unpaired) electrons. The molecule has 0 saturated heterocycles. The predicted molar refractivity (Wildman–Crippen MR) is 81.8 cm³/mol. The molecule has 0 aromatic heterocycles. The Kier molecular flexibility index (Phi) is 6.43. The quantitative estimate of drug-likeness (QED) is 0.775. The van der Waals surface area contributed by atoms with Crippen molar-refractivity contribution < 1.29 is 9.59 Å². The van der Waals surface area contributed by atoms with Crippen molar-refractivity contribution in [2.75, 3.05) is 0 Å². The molecule has 110 valence electrons. The van der Waals surface area contributed by atoms with Gasteiger partial charge in [0.25, 0.3) is 0 Å². The number of carbonyl (C=O) groups excluding carboxylic acids is 2. The lowest BCUT2D eigenvalue weighted by atomic mass is 10.0. The van der Waals surface area contributed by atoms with E-state index in [2.05, 4.69) is 26.1 Å². The zero-order valence-electron chi connectivity index (χ0n) is 12.9. The van der Waals surface area contributed by atoms with Crippen molar-refractivity contribution in [3.8, 4) is 0 Å². The van der Waals surface area contributed by atoms with Crippen LogP contribution in [0.1, 0.15) is 56.5 Å². The molecule has 1 rings (SSSR count). The minimum Gasteiger partial charge on any atom is -0.353 e. The van der Waals surface area contributed by atoms with Gasteiger partial charge in [0.15, 0.2) is 5.78 Å². The molecule has 0 aliphatic rings. The number of aryl methyl sites for hydroxylation is 1. The van der Waals surface area contributed by atoms with Crippen LogP contribution < -0.4 is 5.32 Å². The Labute approximate surface area is 121 Å². The van der Waals surface area contributed by atoms with Crippen molar-refractivity contribution in [2.24, 2.45) is 5.92 Å². The molecule has 0 spiro atoms. The van der Waals surface area contributed by atoms with E-state index < -0.39 is 0 Å². The number of benzene rings is 1. The molecule has 1 aromatic carbocycles. The minimum atomic E-state index is -0.0512. The van der Waals surface area contributed by atoms with E-state index in [0.717, 1.165) is 6.42 Å². The third-order valence-corrected chi connectivity index (χ3v) is 3.65. The lowest BCUT2D eigenvalue weighted by Gasteiger charge is -2.17. The molecule has 1 atom stereocenters. The fourth-order valence-electron chi connectivity index (χ4n) is 1.79. The molecule has 1 amide bonds. The van der Waals surface area contributed by atoms with Crippen LogP contribution in [0.15, 0.2) is 24.3 Å². The van der Waals surface area contributed by atoms with Crippen LogP contribution in [0.4, 0.5) is 0 Å². The third kappa shape index (κ3) is 5.16. The maximum Gasteiger partial charge on any atom is 0.220 e. The first kappa shape index (κ1) is 16.4. The molecule has 1 N–H and O–H groups in total. The Balaban J connectivity index is 2.44. The topological polar surface area (TPSA) is 46.2 Å². The van der Waals surface area contributed by atoms with E-state index in [0.29, 0.717) is 11.5 Å². The Bertz CT molecular complexity index is 449. The molecule has 0 aliphatic heterocycles. The summed E-state index contributed by atoms with van der Waals surface area (Å²) in [6.45, 7) is 8.18. The van der Waals surface area contributed by atoms with E-state index >= 15 is 0 Å². The summed E-state index contributed by atoms with van der Waals surface area (Å²) in [6.07, 6.45) is 1.48. The molecule has 1 unspecified atom stereocenters. The summed E-state index contributed by atoms with van der Waals surface area (Å²) in [7, 11) is 0. The van der Waals surface area contributed by atoms with Gasteiger partial charge in [0.2, 0.25) is 5.91 Å². The zero-order chi connectivity index (χ0) is 15.1. The molecule has 3 nitrogen and oxygen atoms in total. The fraction of sp³-hybridized carbons (Fsp3) is 0.529. The Morgan fingerprint density at radius 3 is 2.15 bits per heavy atom. The molecule has 1 aromatic rings. The molecule has 0 saturated carbocycles. The minimum absolute atomic E-state index is 0.0278. The third-order valence-electron chi connectivity index (χ3n) is 3.65. The van der Waals surface area contributed by atoms with Gasteiger partial charge in [0.1, 0.15) is 0 Å². The van der Waals surface area contributed by atoms with Crippen LogP contribution in [-0.2, 0) is 11.2 Å². The maximum absolute atomic E-state index is 12.0. The second-order valence-corrected chi connectivity index (χ2v) is 5.57. The zero-order valence-corrected chi connectivity index (χ0v) is 12.9. The summed E-state index contributed by atoms with van der Waals surface area (Å²) in [5.74, 6) is 0.376. The van der Waals surface area contributed by atoms with Crippen LogP contribution >= 0.6 is 0 Å². The van der Waals surface area contributed by atoms with Crippen molar-refractivity contribution in [3.05, 3.63) is 35.4 Å². The fourth-order valence-corrected chi connectivity index (χ4v) is 1.79. The highest BCUT2D eigenvalue weighted by Crippen LogP contribution is 2.09. The number of ketones is 1. The summed E-state index contributed by atoms with van der Waals surface area (Å²) in [5, 5.41) is 2.91. The summed E-state index contributed by atoms with van der Waals surface area (Å²) in [6, 6.07) is 7.76. The van der Waals surface area contributed by atoms with Gasteiger partial charge in [-0.05, 0) is 24.8 Å². The van der Waals surface area contributed by atoms with Gasteiger partial charge < -0.3 is 5.32 Å². The van der Waals surface area contributed by atoms with Gasteiger partial charge >= 0.3 is 0 Å². The van der Waals surface area contributed by atoms with Gasteiger partial charge in [0, 0.05) is 24.4 Å². The smallest absolute Gasteiger partial charge is 0.220 e. The number of hydrogen-bond acceptors (Lipinski definition) is 2. The first-order valence-corrected chi connectivity index (χ1v) is 7.35. The first-order valence-electron chi connectivity index (χ1n) is 7.35. The average molecular weight is 275 g/mol. The molecular weight excluding hydrogens is 250 g/mol. The molecular formula is C17H25NO2. The van der Waals surface area contributed by atoms with Gasteiger partial charge in [-0.1, -0.05) is 45.0 Å². The van der Waals surface area contributed by atoms with Gasteiger partial charge in [-0.15, -0.1) is 0 Å². The Morgan fingerprint density at radius 2 is 1.65 bits per heavy atom. The summed E-state index contributed by atoms with van der Waals surface area (Å²) in [5.41, 5.74) is 1.90. The van der Waals surface area contributed by atoms with Gasteiger partial charge in [-0.3, -0.25) is 9.59 Å². The number of hydrogen-bond donors (Lipinski definition) is 1. The predicted octanol–water partition coefficient (Wildman–Crippen LogP) is 3.37. The number of amides is 1. The number of nitrogens with one attached hydrogen (secondary N) is 1. The normalized spacial score (nSPS) is 12.2. The van der Waals surface area contributed by atoms with E-state index in [1.165, 1.54) is 5.56 Å². The van der Waals surface area contributed by atoms with E-state index in [1.807, 2.05) is 31.2 Å². The largest absolute Gasteiger partial charge is 0.353 e. The first-order chi connectivity index (χ1) is 9.43. The van der Waals surface area contributed by atoms with Crippen molar-refractivity contribution in [2.45, 2.75) is 53.0 Å². The summed E-state index contributed by atoms with van der Waals surface area (Å²) < 4.78 is 0. The SMILES string of the molecule is CCc1ccc(C(=O)CCC(=O)NC(C)C(C)C)cc1. The van der Waals surface area contributed by atoms with Crippen LogP contribution in [0.5, 0.6) is 0 Å². The standard InChI is InChI=1S/C17H25NO2/c1-5-14-6-8-15(9-7-14)16(19)10-11-17(20)18-13(4)12(2)3/h6-9,12-13H,5,10-11H2,1-4H3,(H,18,20). The molecule has 3 heteroatoms. The maximum atomic E-state index is 12.0. The Hall–Kier alpha value is -1.64. The van der Waals surface area contributed by atoms with Crippen molar-refractivity contribution >= 4 is 11.7 Å². The number of carbonyl (C=O) groups is 2. The second-order valence-electron chi connectivity index (χ2n) is 5.57. The molecule has 20 heavy (non-hydrogen) atoms.